The largest absolute Gasteiger partial charge is 0.490 e. The number of rotatable bonds is 8. The molecule has 12 heteroatoms. The molecule has 0 aliphatic rings. The Morgan fingerprint density at radius 1 is 1.05 bits per heavy atom. The van der Waals surface area contributed by atoms with E-state index in [0.717, 1.165) is 22.3 Å². The fraction of sp³-hybridized carbons (Fsp3) is 0.194. The van der Waals surface area contributed by atoms with E-state index >= 15 is 0 Å². The highest BCUT2D eigenvalue weighted by Gasteiger charge is 2.38. The normalized spacial score (nSPS) is 11.3. The monoisotopic (exact) mass is 596 g/mol. The number of carbonyl (C=O) groups is 2. The van der Waals surface area contributed by atoms with Crippen molar-refractivity contribution in [2.24, 2.45) is 5.73 Å². The molecule has 0 atom stereocenters. The van der Waals surface area contributed by atoms with Gasteiger partial charge < -0.3 is 20.7 Å². The van der Waals surface area contributed by atoms with E-state index < -0.39 is 12.1 Å². The molecule has 0 aliphatic heterocycles. The molecule has 0 aliphatic carbocycles. The van der Waals surface area contributed by atoms with Gasteiger partial charge in [0.25, 0.3) is 5.91 Å². The number of halogens is 4. The summed E-state index contributed by atoms with van der Waals surface area (Å²) in [6.07, 6.45) is 0.401. The number of hydrogen-bond donors (Lipinski definition) is 4. The van der Waals surface area contributed by atoms with Crippen LogP contribution in [0.2, 0.25) is 0 Å². The fourth-order valence-corrected chi connectivity index (χ4v) is 4.23. The number of nitrogens with one attached hydrogen (secondary N) is 2. The molecule has 4 aromatic rings. The molecule has 1 heterocycles. The Bertz CT molecular complexity index is 1690. The lowest BCUT2D eigenvalue weighted by Crippen LogP contribution is -2.40. The lowest BCUT2D eigenvalue weighted by Gasteiger charge is -2.26. The zero-order valence-corrected chi connectivity index (χ0v) is 23.4. The lowest BCUT2D eigenvalue weighted by atomic mass is 10.1. The Balaban J connectivity index is 0.000000646. The van der Waals surface area contributed by atoms with E-state index in [4.69, 9.17) is 27.5 Å². The van der Waals surface area contributed by atoms with Gasteiger partial charge in [0.1, 0.15) is 29.6 Å². The lowest BCUT2D eigenvalue weighted by molar-refractivity contribution is -0.192. The van der Waals surface area contributed by atoms with Crippen molar-refractivity contribution in [2.75, 3.05) is 20.6 Å². The summed E-state index contributed by atoms with van der Waals surface area (Å²) in [6.45, 7) is 1.30. The van der Waals surface area contributed by atoms with Crippen molar-refractivity contribution in [3.63, 3.8) is 0 Å². The van der Waals surface area contributed by atoms with Crippen molar-refractivity contribution in [3.8, 4) is 12.3 Å². The van der Waals surface area contributed by atoms with Crippen LogP contribution < -0.4 is 15.5 Å². The Labute approximate surface area is 245 Å². The van der Waals surface area contributed by atoms with Gasteiger partial charge in [-0.1, -0.05) is 30.3 Å². The first kappa shape index (κ1) is 32.4. The number of amidine groups is 1. The number of terminal acetylenes is 1. The highest BCUT2D eigenvalue weighted by atomic mass is 19.4. The molecule has 0 spiro atoms. The van der Waals surface area contributed by atoms with Crippen LogP contribution in [0, 0.1) is 23.6 Å². The maximum absolute atomic E-state index is 13.9. The average Bonchev–Trinajstić information content (AvgIpc) is 3.29. The van der Waals surface area contributed by atoms with E-state index in [2.05, 4.69) is 11.2 Å². The van der Waals surface area contributed by atoms with Crippen LogP contribution in [-0.4, -0.2) is 54.2 Å². The van der Waals surface area contributed by atoms with Crippen LogP contribution >= 0.6 is 0 Å². The molecule has 0 saturated heterocycles. The van der Waals surface area contributed by atoms with Crippen LogP contribution in [0.3, 0.4) is 0 Å². The molecule has 0 unspecified atom stereocenters. The van der Waals surface area contributed by atoms with Gasteiger partial charge in [-0.05, 0) is 59.5 Å². The second-order valence-electron chi connectivity index (χ2n) is 10.1. The van der Waals surface area contributed by atoms with E-state index in [1.807, 2.05) is 61.1 Å². The summed E-state index contributed by atoms with van der Waals surface area (Å²) in [5, 5.41) is 18.5. The van der Waals surface area contributed by atoms with Crippen LogP contribution in [0.15, 0.2) is 72.8 Å². The van der Waals surface area contributed by atoms with Gasteiger partial charge in [0.15, 0.2) is 0 Å². The molecule has 0 fully saturated rings. The first-order valence-electron chi connectivity index (χ1n) is 12.8. The number of carbonyl (C=O) groups excluding carboxylic acids is 1. The number of benzene rings is 3. The number of hydrogen-bond acceptors (Lipinski definition) is 3. The Morgan fingerprint density at radius 3 is 2.28 bits per heavy atom. The second-order valence-corrected chi connectivity index (χ2v) is 10.1. The van der Waals surface area contributed by atoms with Gasteiger partial charge in [0.2, 0.25) is 0 Å². The number of alkyl halides is 3. The smallest absolute Gasteiger partial charge is 0.475 e. The molecular formula is C31H30F4N5O3+. The summed E-state index contributed by atoms with van der Waals surface area (Å²) in [7, 11) is 4.09. The Kier molecular flexibility index (Phi) is 9.95. The van der Waals surface area contributed by atoms with Crippen molar-refractivity contribution >= 4 is 34.3 Å². The summed E-state index contributed by atoms with van der Waals surface area (Å²) >= 11 is 0. The number of nitrogens with two attached hydrogens (primary N) is 1. The SMILES string of the molecule is C#CC[N+](C)(C)c1ccc(CNC(=O)c2cc3cc(F)ccc3n2Cc2cccc(C(=N)N)c2)cc1.O=C(O)C(F)(F)F. The fourth-order valence-electron chi connectivity index (χ4n) is 4.23. The number of carboxylic acids is 1. The zero-order chi connectivity index (χ0) is 31.9. The number of nitrogens with zero attached hydrogens (tertiary/aromatic N) is 2. The quantitative estimate of drug-likeness (QED) is 0.0762. The predicted molar refractivity (Wildman–Crippen MR) is 157 cm³/mol. The third-order valence-corrected chi connectivity index (χ3v) is 6.49. The first-order chi connectivity index (χ1) is 20.1. The molecular weight excluding hydrogens is 566 g/mol. The topological polar surface area (TPSA) is 121 Å². The summed E-state index contributed by atoms with van der Waals surface area (Å²) in [4.78, 5) is 22.2. The zero-order valence-electron chi connectivity index (χ0n) is 23.4. The third-order valence-electron chi connectivity index (χ3n) is 6.49. The van der Waals surface area contributed by atoms with Gasteiger partial charge in [0, 0.05) is 29.6 Å². The number of amides is 1. The van der Waals surface area contributed by atoms with Crippen molar-refractivity contribution in [1.82, 2.24) is 14.4 Å². The van der Waals surface area contributed by atoms with Gasteiger partial charge >= 0.3 is 12.1 Å². The predicted octanol–water partition coefficient (Wildman–Crippen LogP) is 4.88. The number of quaternary nitrogens is 1. The van der Waals surface area contributed by atoms with Crippen LogP contribution in [0.1, 0.15) is 27.2 Å². The van der Waals surface area contributed by atoms with Crippen molar-refractivity contribution in [1.29, 1.82) is 5.41 Å². The number of nitrogen functional groups attached to an aromatic ring is 1. The standard InChI is InChI=1S/C29H28FN5O.C2HF3O2/c1-4-14-35(2,3)25-11-8-20(9-12-25)18-33-29(36)27-17-23-16-24(30)10-13-26(23)34(27)19-21-6-5-7-22(15-21)28(31)32;3-2(4,5)1(6)7/h1,5-13,15-17H,14,18-19H2,2-3H3,(H3-,31,32,33,36);(H,6,7)/p+1. The molecule has 0 radical (unpaired) electrons. The minimum absolute atomic E-state index is 0.0262. The van der Waals surface area contributed by atoms with Crippen LogP contribution in [-0.2, 0) is 17.9 Å². The van der Waals surface area contributed by atoms with Gasteiger partial charge in [-0.25, -0.2) is 9.18 Å². The van der Waals surface area contributed by atoms with E-state index in [-0.39, 0.29) is 17.6 Å². The first-order valence-corrected chi connectivity index (χ1v) is 12.8. The molecule has 3 aromatic carbocycles. The molecule has 0 saturated carbocycles. The minimum atomic E-state index is -5.08. The molecule has 43 heavy (non-hydrogen) atoms. The van der Waals surface area contributed by atoms with Crippen molar-refractivity contribution in [3.05, 3.63) is 101 Å². The highest BCUT2D eigenvalue weighted by molar-refractivity contribution is 5.99. The number of aliphatic carboxylic acids is 1. The van der Waals surface area contributed by atoms with Crippen molar-refractivity contribution in [2.45, 2.75) is 19.3 Å². The van der Waals surface area contributed by atoms with Crippen molar-refractivity contribution < 1.29 is 32.3 Å². The van der Waals surface area contributed by atoms with Crippen LogP contribution in [0.25, 0.3) is 10.9 Å². The molecule has 1 amide bonds. The molecule has 224 valence electrons. The van der Waals surface area contributed by atoms with E-state index in [9.17, 15) is 22.4 Å². The third kappa shape index (κ3) is 8.43. The van der Waals surface area contributed by atoms with Gasteiger partial charge in [-0.15, -0.1) is 6.42 Å². The highest BCUT2D eigenvalue weighted by Crippen LogP contribution is 2.24. The number of fused-ring (bicyclic) bond motifs is 1. The maximum atomic E-state index is 13.9. The summed E-state index contributed by atoms with van der Waals surface area (Å²) < 4.78 is 48.1. The molecule has 5 N–H and O–H groups in total. The van der Waals surface area contributed by atoms with E-state index in [0.29, 0.717) is 40.8 Å². The maximum Gasteiger partial charge on any atom is 0.490 e. The number of carboxylic acid groups (broad SMARTS) is 1. The van der Waals surface area contributed by atoms with Crippen LogP contribution in [0.4, 0.5) is 23.2 Å². The minimum Gasteiger partial charge on any atom is -0.475 e. The Hall–Kier alpha value is -5.15. The summed E-state index contributed by atoms with van der Waals surface area (Å²) in [5.74, 6) is -0.712. The summed E-state index contributed by atoms with van der Waals surface area (Å²) in [5.41, 5.74) is 10.3. The molecule has 0 bridgehead atoms. The van der Waals surface area contributed by atoms with E-state index in [1.54, 1.807) is 18.2 Å². The average molecular weight is 597 g/mol. The van der Waals surface area contributed by atoms with Gasteiger partial charge in [0.05, 0.1) is 14.1 Å². The number of aromatic nitrogens is 1. The molecule has 8 nitrogen and oxygen atoms in total. The van der Waals surface area contributed by atoms with E-state index in [1.165, 1.54) is 12.1 Å². The Morgan fingerprint density at radius 2 is 1.70 bits per heavy atom. The molecule has 4 rings (SSSR count). The molecule has 1 aromatic heterocycles. The summed E-state index contributed by atoms with van der Waals surface area (Å²) in [6, 6.07) is 21.5. The van der Waals surface area contributed by atoms with Gasteiger partial charge in [-0.2, -0.15) is 13.2 Å². The van der Waals surface area contributed by atoms with Crippen LogP contribution in [0.5, 0.6) is 0 Å². The van der Waals surface area contributed by atoms with Gasteiger partial charge in [-0.3, -0.25) is 14.7 Å². The second kappa shape index (κ2) is 13.2.